The molecular formula is C22H23F2N3O2. The number of benzene rings is 2. The van der Waals surface area contributed by atoms with Crippen molar-refractivity contribution in [3.63, 3.8) is 0 Å². The van der Waals surface area contributed by atoms with Crippen LogP contribution in [0.1, 0.15) is 42.1 Å². The minimum atomic E-state index is -0.806. The average molecular weight is 398 g/mol. The fraction of sp³-hybridized carbons (Fsp3) is 0.364. The van der Waals surface area contributed by atoms with Crippen LogP contribution in [0.15, 0.2) is 47.3 Å². The van der Waals surface area contributed by atoms with E-state index < -0.39 is 11.6 Å². The Bertz CT molecular complexity index is 1080. The zero-order valence-electron chi connectivity index (χ0n) is 16.0. The number of nitrogens with zero attached hydrogens (tertiary/aromatic N) is 2. The third-order valence-corrected chi connectivity index (χ3v) is 5.66. The SMILES string of the molecule is O=C(CCCN1CCC(n2c(=O)[nH]c3ccccc32)CC1)c1ccc(F)cc1[18F]. The van der Waals surface area contributed by atoms with Crippen molar-refractivity contribution in [2.75, 3.05) is 19.6 Å². The van der Waals surface area contributed by atoms with E-state index >= 15 is 0 Å². The first-order valence-electron chi connectivity index (χ1n) is 9.93. The van der Waals surface area contributed by atoms with Crippen LogP contribution < -0.4 is 5.69 Å². The number of carbonyl (C=O) groups is 1. The highest BCUT2D eigenvalue weighted by atomic mass is 19.1. The van der Waals surface area contributed by atoms with Gasteiger partial charge in [-0.25, -0.2) is 13.6 Å². The largest absolute Gasteiger partial charge is 0.326 e. The lowest BCUT2D eigenvalue weighted by Crippen LogP contribution is -2.37. The van der Waals surface area contributed by atoms with E-state index in [2.05, 4.69) is 9.88 Å². The third-order valence-electron chi connectivity index (χ3n) is 5.66. The van der Waals surface area contributed by atoms with Crippen LogP contribution in [0.25, 0.3) is 11.0 Å². The van der Waals surface area contributed by atoms with Gasteiger partial charge in [-0.15, -0.1) is 0 Å². The van der Waals surface area contributed by atoms with Gasteiger partial charge in [0, 0.05) is 31.6 Å². The summed E-state index contributed by atoms with van der Waals surface area (Å²) in [6, 6.07) is 10.9. The normalized spacial score (nSPS) is 15.8. The van der Waals surface area contributed by atoms with E-state index in [0.717, 1.165) is 55.6 Å². The number of hydrogen-bond acceptors (Lipinski definition) is 3. The van der Waals surface area contributed by atoms with Gasteiger partial charge in [0.05, 0.1) is 16.6 Å². The van der Waals surface area contributed by atoms with Crippen LogP contribution in [0.2, 0.25) is 0 Å². The average Bonchev–Trinajstić information content (AvgIpc) is 3.04. The zero-order chi connectivity index (χ0) is 20.4. The van der Waals surface area contributed by atoms with Crippen molar-refractivity contribution >= 4 is 16.8 Å². The van der Waals surface area contributed by atoms with Gasteiger partial charge in [0.15, 0.2) is 5.78 Å². The van der Waals surface area contributed by atoms with Crippen LogP contribution in [0.4, 0.5) is 8.78 Å². The number of hydrogen-bond donors (Lipinski definition) is 1. The smallest absolute Gasteiger partial charge is 0.306 e. The first-order chi connectivity index (χ1) is 14.0. The number of likely N-dealkylation sites (tertiary alicyclic amines) is 1. The molecule has 152 valence electrons. The molecule has 0 saturated carbocycles. The van der Waals surface area contributed by atoms with Gasteiger partial charge in [0.1, 0.15) is 11.6 Å². The number of aromatic amines is 1. The highest BCUT2D eigenvalue weighted by Crippen LogP contribution is 2.25. The molecule has 1 saturated heterocycles. The zero-order valence-corrected chi connectivity index (χ0v) is 16.0. The summed E-state index contributed by atoms with van der Waals surface area (Å²) in [5.41, 5.74) is 1.66. The first kappa shape index (κ1) is 19.5. The molecule has 0 radical (unpaired) electrons. The monoisotopic (exact) mass is 398 g/mol. The summed E-state index contributed by atoms with van der Waals surface area (Å²) in [4.78, 5) is 29.7. The van der Waals surface area contributed by atoms with Gasteiger partial charge in [0.2, 0.25) is 0 Å². The molecule has 4 rings (SSSR count). The topological polar surface area (TPSA) is 58.1 Å². The van der Waals surface area contributed by atoms with E-state index in [9.17, 15) is 18.4 Å². The number of carbonyl (C=O) groups excluding carboxylic acids is 1. The van der Waals surface area contributed by atoms with Gasteiger partial charge in [-0.2, -0.15) is 0 Å². The van der Waals surface area contributed by atoms with Crippen molar-refractivity contribution < 1.29 is 13.6 Å². The fourth-order valence-corrected chi connectivity index (χ4v) is 4.15. The van der Waals surface area contributed by atoms with Gasteiger partial charge >= 0.3 is 5.69 Å². The number of para-hydroxylation sites is 2. The number of ketones is 1. The van der Waals surface area contributed by atoms with Gasteiger partial charge in [-0.1, -0.05) is 12.1 Å². The summed E-state index contributed by atoms with van der Waals surface area (Å²) in [7, 11) is 0. The molecule has 0 aliphatic carbocycles. The van der Waals surface area contributed by atoms with Crippen LogP contribution in [-0.2, 0) is 0 Å². The van der Waals surface area contributed by atoms with Crippen LogP contribution >= 0.6 is 0 Å². The van der Waals surface area contributed by atoms with Crippen molar-refractivity contribution in [1.29, 1.82) is 0 Å². The molecule has 29 heavy (non-hydrogen) atoms. The van der Waals surface area contributed by atoms with E-state index in [1.54, 1.807) is 0 Å². The van der Waals surface area contributed by atoms with Gasteiger partial charge in [-0.05, 0) is 50.1 Å². The van der Waals surface area contributed by atoms with Crippen LogP contribution in [0, 0.1) is 11.6 Å². The van der Waals surface area contributed by atoms with E-state index in [1.807, 2.05) is 28.8 Å². The number of imidazole rings is 1. The Morgan fingerprint density at radius 3 is 2.62 bits per heavy atom. The molecular weight excluding hydrogens is 375 g/mol. The van der Waals surface area contributed by atoms with Crippen molar-refractivity contribution in [3.05, 3.63) is 70.1 Å². The predicted octanol–water partition coefficient (Wildman–Crippen LogP) is 3.91. The third kappa shape index (κ3) is 4.15. The molecule has 1 N–H and O–H groups in total. The quantitative estimate of drug-likeness (QED) is 0.641. The number of rotatable bonds is 6. The van der Waals surface area contributed by atoms with E-state index in [1.165, 1.54) is 6.07 Å². The molecule has 0 atom stereocenters. The number of Topliss-reactive ketones (excluding diaryl/α,β-unsaturated/α-hetero) is 1. The fourth-order valence-electron chi connectivity index (χ4n) is 4.15. The molecule has 1 fully saturated rings. The Morgan fingerprint density at radius 2 is 1.86 bits per heavy atom. The maximum absolute atomic E-state index is 13.7. The van der Waals surface area contributed by atoms with Crippen molar-refractivity contribution in [1.82, 2.24) is 14.5 Å². The second-order valence-corrected chi connectivity index (χ2v) is 7.54. The Balaban J connectivity index is 1.29. The molecule has 0 spiro atoms. The second-order valence-electron chi connectivity index (χ2n) is 7.54. The maximum atomic E-state index is 13.7. The predicted molar refractivity (Wildman–Crippen MR) is 107 cm³/mol. The maximum Gasteiger partial charge on any atom is 0.326 e. The summed E-state index contributed by atoms with van der Waals surface area (Å²) in [5, 5.41) is 0. The van der Waals surface area contributed by atoms with Crippen molar-refractivity contribution in [2.24, 2.45) is 0 Å². The molecule has 0 unspecified atom stereocenters. The molecule has 1 aromatic heterocycles. The number of nitrogens with one attached hydrogen (secondary N) is 1. The number of fused-ring (bicyclic) bond motifs is 1. The molecule has 7 heteroatoms. The number of H-pyrrole nitrogens is 1. The molecule has 1 aliphatic heterocycles. The van der Waals surface area contributed by atoms with Gasteiger partial charge in [0.25, 0.3) is 0 Å². The molecule has 2 heterocycles. The number of piperidine rings is 1. The van der Waals surface area contributed by atoms with Crippen LogP contribution in [0.3, 0.4) is 0 Å². The van der Waals surface area contributed by atoms with Crippen molar-refractivity contribution in [2.45, 2.75) is 31.7 Å². The van der Waals surface area contributed by atoms with E-state index in [4.69, 9.17) is 0 Å². The molecule has 1 aliphatic rings. The van der Waals surface area contributed by atoms with Crippen LogP contribution in [0.5, 0.6) is 0 Å². The van der Waals surface area contributed by atoms with Gasteiger partial charge < -0.3 is 9.88 Å². The summed E-state index contributed by atoms with van der Waals surface area (Å²) >= 11 is 0. The Kier molecular flexibility index (Phi) is 5.58. The molecule has 2 aromatic carbocycles. The highest BCUT2D eigenvalue weighted by molar-refractivity contribution is 5.96. The first-order valence-corrected chi connectivity index (χ1v) is 9.93. The standard InChI is InChI=1S/C22H23F2N3O2/c23-15-7-8-17(18(24)14-15)21(28)6-3-11-26-12-9-16(10-13-26)27-20-5-2-1-4-19(20)25-22(27)29/h1-2,4-5,7-8,14,16H,3,6,9-13H2,(H,25,29)/i24-1. The van der Waals surface area contributed by atoms with Gasteiger partial charge in [-0.3, -0.25) is 9.36 Å². The Hall–Kier alpha value is -2.80. The Morgan fingerprint density at radius 1 is 1.10 bits per heavy atom. The minimum Gasteiger partial charge on any atom is -0.306 e. The molecule has 3 aromatic rings. The number of aromatic nitrogens is 2. The molecule has 0 amide bonds. The second kappa shape index (κ2) is 8.29. The summed E-state index contributed by atoms with van der Waals surface area (Å²) in [5.74, 6) is -1.79. The lowest BCUT2D eigenvalue weighted by Gasteiger charge is -2.32. The van der Waals surface area contributed by atoms with E-state index in [-0.39, 0.29) is 29.5 Å². The minimum absolute atomic E-state index is 0.0520. The number of halogens is 2. The van der Waals surface area contributed by atoms with E-state index in [0.29, 0.717) is 6.42 Å². The highest BCUT2D eigenvalue weighted by Gasteiger charge is 2.23. The Labute approximate surface area is 167 Å². The summed E-state index contributed by atoms with van der Waals surface area (Å²) < 4.78 is 28.5. The van der Waals surface area contributed by atoms with Crippen molar-refractivity contribution in [3.8, 4) is 0 Å². The lowest BCUT2D eigenvalue weighted by molar-refractivity contribution is 0.0966. The van der Waals surface area contributed by atoms with Crippen LogP contribution in [-0.4, -0.2) is 39.9 Å². The molecule has 5 nitrogen and oxygen atoms in total. The lowest BCUT2D eigenvalue weighted by atomic mass is 10.0. The summed E-state index contributed by atoms with van der Waals surface area (Å²) in [6.45, 7) is 2.43. The summed E-state index contributed by atoms with van der Waals surface area (Å²) in [6.07, 6.45) is 2.57. The molecule has 0 bridgehead atoms.